The number of methoxy groups -OCH3 is 1. The number of nitrogens with zero attached hydrogens (tertiary/aromatic N) is 3. The van der Waals surface area contributed by atoms with Crippen molar-refractivity contribution in [2.24, 2.45) is 11.8 Å². The Morgan fingerprint density at radius 3 is 2.74 bits per heavy atom. The maximum absolute atomic E-state index is 6.91. The topological polar surface area (TPSA) is 47.5 Å². The minimum Gasteiger partial charge on any atom is -0.497 e. The van der Waals surface area contributed by atoms with E-state index in [1.807, 2.05) is 24.4 Å². The van der Waals surface area contributed by atoms with Gasteiger partial charge in [0.15, 0.2) is 0 Å². The number of hydrogen-bond acceptors (Lipinski definition) is 5. The van der Waals surface area contributed by atoms with E-state index < -0.39 is 0 Å². The third kappa shape index (κ3) is 4.02. The molecule has 0 saturated carbocycles. The van der Waals surface area contributed by atoms with Crippen LogP contribution in [0.5, 0.6) is 11.6 Å². The highest BCUT2D eigenvalue weighted by molar-refractivity contribution is 5.84. The van der Waals surface area contributed by atoms with Crippen molar-refractivity contribution in [1.29, 1.82) is 0 Å². The molecule has 0 amide bonds. The van der Waals surface area contributed by atoms with Gasteiger partial charge < -0.3 is 9.47 Å². The monoisotopic (exact) mass is 467 g/mol. The average Bonchev–Trinajstić information content (AvgIpc) is 2.91. The summed E-state index contributed by atoms with van der Waals surface area (Å²) in [4.78, 5) is 12.2. The molecule has 35 heavy (non-hydrogen) atoms. The molecule has 180 valence electrons. The molecule has 5 heterocycles. The summed E-state index contributed by atoms with van der Waals surface area (Å²) in [5.74, 6) is 3.07. The van der Waals surface area contributed by atoms with E-state index in [9.17, 15) is 0 Å². The van der Waals surface area contributed by atoms with Crippen LogP contribution in [0.4, 0.5) is 0 Å². The van der Waals surface area contributed by atoms with Crippen LogP contribution in [0, 0.1) is 18.8 Å². The number of pyridine rings is 2. The van der Waals surface area contributed by atoms with Gasteiger partial charge in [0.25, 0.3) is 0 Å². The molecular formula is C30H33N3O2. The van der Waals surface area contributed by atoms with E-state index in [-0.39, 0.29) is 6.10 Å². The lowest BCUT2D eigenvalue weighted by Gasteiger charge is -2.51. The number of fused-ring (bicyclic) bond motifs is 5. The van der Waals surface area contributed by atoms with Crippen LogP contribution < -0.4 is 9.47 Å². The van der Waals surface area contributed by atoms with Crippen molar-refractivity contribution in [3.63, 3.8) is 0 Å². The summed E-state index contributed by atoms with van der Waals surface area (Å²) < 4.78 is 12.5. The number of aryl methyl sites for hydroxylation is 1. The Morgan fingerprint density at radius 2 is 1.94 bits per heavy atom. The summed E-state index contributed by atoms with van der Waals surface area (Å²) in [5, 5.41) is 2.26. The maximum atomic E-state index is 6.91. The Balaban J connectivity index is 1.46. The zero-order chi connectivity index (χ0) is 23.9. The molecule has 0 N–H and O–H groups in total. The van der Waals surface area contributed by atoms with Crippen LogP contribution in [0.25, 0.3) is 21.8 Å². The van der Waals surface area contributed by atoms with Crippen molar-refractivity contribution in [2.75, 3.05) is 20.2 Å². The first-order valence-corrected chi connectivity index (χ1v) is 12.8. The fraction of sp³-hybridized carbons (Fsp3) is 0.400. The molecule has 4 aromatic rings. The van der Waals surface area contributed by atoms with Gasteiger partial charge in [0.05, 0.1) is 24.2 Å². The van der Waals surface area contributed by atoms with Gasteiger partial charge in [-0.1, -0.05) is 31.5 Å². The average molecular weight is 468 g/mol. The fourth-order valence-electron chi connectivity index (χ4n) is 6.34. The number of ether oxygens (including phenoxy) is 2. The van der Waals surface area contributed by atoms with Gasteiger partial charge in [0, 0.05) is 35.1 Å². The molecule has 0 radical (unpaired) electrons. The largest absolute Gasteiger partial charge is 0.497 e. The van der Waals surface area contributed by atoms with Crippen molar-refractivity contribution in [1.82, 2.24) is 14.9 Å². The van der Waals surface area contributed by atoms with Gasteiger partial charge in [-0.05, 0) is 74.0 Å². The third-order valence-electron chi connectivity index (χ3n) is 8.25. The second kappa shape index (κ2) is 9.12. The predicted molar refractivity (Wildman–Crippen MR) is 140 cm³/mol. The van der Waals surface area contributed by atoms with Crippen molar-refractivity contribution in [2.45, 2.75) is 45.3 Å². The minimum atomic E-state index is -0.138. The molecule has 3 saturated heterocycles. The Labute approximate surface area is 207 Å². The van der Waals surface area contributed by atoms with Crippen LogP contribution in [0.15, 0.2) is 60.8 Å². The van der Waals surface area contributed by atoms with Gasteiger partial charge >= 0.3 is 0 Å². The van der Waals surface area contributed by atoms with Gasteiger partial charge in [-0.15, -0.1) is 0 Å². The molecule has 7 rings (SSSR count). The van der Waals surface area contributed by atoms with Crippen molar-refractivity contribution < 1.29 is 9.47 Å². The summed E-state index contributed by atoms with van der Waals surface area (Å²) in [6.45, 7) is 6.76. The van der Waals surface area contributed by atoms with Gasteiger partial charge in [-0.3, -0.25) is 9.88 Å². The van der Waals surface area contributed by atoms with E-state index in [1.54, 1.807) is 7.11 Å². The Hall–Kier alpha value is -3.18. The molecular weight excluding hydrogens is 434 g/mol. The molecule has 3 aliphatic heterocycles. The van der Waals surface area contributed by atoms with Crippen molar-refractivity contribution in [3.05, 3.63) is 71.9 Å². The molecule has 2 aromatic heterocycles. The first-order chi connectivity index (χ1) is 17.1. The molecule has 0 spiro atoms. The van der Waals surface area contributed by atoms with Crippen LogP contribution in [-0.4, -0.2) is 41.1 Å². The van der Waals surface area contributed by atoms with Crippen LogP contribution in [-0.2, 0) is 0 Å². The zero-order valence-electron chi connectivity index (χ0n) is 20.8. The van der Waals surface area contributed by atoms with E-state index in [2.05, 4.69) is 60.1 Å². The summed E-state index contributed by atoms with van der Waals surface area (Å²) in [7, 11) is 1.71. The van der Waals surface area contributed by atoms with Gasteiger partial charge in [0.2, 0.25) is 5.88 Å². The molecule has 3 aliphatic rings. The predicted octanol–water partition coefficient (Wildman–Crippen LogP) is 6.34. The SMILES string of the molecule is CC[C@@H]1CN2CC[C@H]1C[C@H]2[C@H](Oc1cc(C)c2ccccc2n1)c1ccnc2ccc(OC)cc12. The second-order valence-corrected chi connectivity index (χ2v) is 10.1. The normalized spacial score (nSPS) is 24.5. The Morgan fingerprint density at radius 1 is 1.06 bits per heavy atom. The third-order valence-corrected chi connectivity index (χ3v) is 8.25. The zero-order valence-corrected chi connectivity index (χ0v) is 20.8. The summed E-state index contributed by atoms with van der Waals surface area (Å²) in [5.41, 5.74) is 4.27. The standard InChI is InChI=1S/C30H33N3O2/c1-4-20-18-33-14-12-21(20)16-28(33)30(24-11-13-31-26-10-9-22(34-3)17-25(24)26)35-29-15-19(2)23-7-5-6-8-27(23)32-29/h5-11,13,15,17,20-21,28,30H,4,12,14,16,18H2,1-3H3/t20-,21+,28+,30-/m1/s1. The Kier molecular flexibility index (Phi) is 5.81. The van der Waals surface area contributed by atoms with E-state index in [4.69, 9.17) is 14.5 Å². The lowest BCUT2D eigenvalue weighted by atomic mass is 9.72. The molecule has 0 aliphatic carbocycles. The number of aromatic nitrogens is 2. The van der Waals surface area contributed by atoms with Crippen LogP contribution in [0.1, 0.15) is 43.4 Å². The molecule has 5 heteroatoms. The van der Waals surface area contributed by atoms with Crippen molar-refractivity contribution in [3.8, 4) is 11.6 Å². The summed E-state index contributed by atoms with van der Waals surface area (Å²) in [6.07, 6.45) is 5.47. The van der Waals surface area contributed by atoms with Crippen LogP contribution >= 0.6 is 0 Å². The van der Waals surface area contributed by atoms with E-state index in [0.29, 0.717) is 11.9 Å². The maximum Gasteiger partial charge on any atom is 0.214 e. The summed E-state index contributed by atoms with van der Waals surface area (Å²) in [6, 6.07) is 18.9. The fourth-order valence-corrected chi connectivity index (χ4v) is 6.34. The summed E-state index contributed by atoms with van der Waals surface area (Å²) >= 11 is 0. The Bertz CT molecular complexity index is 1370. The second-order valence-electron chi connectivity index (χ2n) is 10.1. The molecule has 3 fully saturated rings. The number of hydrogen-bond donors (Lipinski definition) is 0. The van der Waals surface area contributed by atoms with E-state index in [0.717, 1.165) is 59.1 Å². The van der Waals surface area contributed by atoms with Crippen LogP contribution in [0.3, 0.4) is 0 Å². The minimum absolute atomic E-state index is 0.138. The molecule has 2 bridgehead atoms. The smallest absolute Gasteiger partial charge is 0.214 e. The molecule has 5 nitrogen and oxygen atoms in total. The lowest BCUT2D eigenvalue weighted by Crippen LogP contribution is -2.56. The highest BCUT2D eigenvalue weighted by atomic mass is 16.5. The van der Waals surface area contributed by atoms with Crippen LogP contribution in [0.2, 0.25) is 0 Å². The number of para-hydroxylation sites is 1. The van der Waals surface area contributed by atoms with Gasteiger partial charge in [0.1, 0.15) is 11.9 Å². The van der Waals surface area contributed by atoms with E-state index in [1.165, 1.54) is 23.8 Å². The lowest BCUT2D eigenvalue weighted by molar-refractivity contribution is -0.0492. The highest BCUT2D eigenvalue weighted by Gasteiger charge is 2.44. The first kappa shape index (κ1) is 22.3. The number of piperidine rings is 3. The van der Waals surface area contributed by atoms with Crippen molar-refractivity contribution >= 4 is 21.8 Å². The number of benzene rings is 2. The van der Waals surface area contributed by atoms with E-state index >= 15 is 0 Å². The van der Waals surface area contributed by atoms with Gasteiger partial charge in [-0.2, -0.15) is 0 Å². The first-order valence-electron chi connectivity index (χ1n) is 12.8. The molecule has 2 aromatic carbocycles. The molecule has 5 atom stereocenters. The quantitative estimate of drug-likeness (QED) is 0.331. The number of rotatable bonds is 6. The molecule has 1 unspecified atom stereocenters. The highest BCUT2D eigenvalue weighted by Crippen LogP contribution is 2.44. The van der Waals surface area contributed by atoms with Gasteiger partial charge in [-0.25, -0.2) is 4.98 Å².